The minimum Gasteiger partial charge on any atom is -0.228 e. The Bertz CT molecular complexity index is 475. The van der Waals surface area contributed by atoms with Crippen LogP contribution in [-0.4, -0.2) is 24.2 Å². The Hall–Kier alpha value is -0.350. The topological polar surface area (TPSA) is 34.1 Å². The smallest absolute Gasteiger partial charge is 0.155 e. The maximum atomic E-state index is 12.1. The molecule has 108 valence electrons. The second-order valence-electron chi connectivity index (χ2n) is 5.93. The van der Waals surface area contributed by atoms with Gasteiger partial charge in [-0.2, -0.15) is 0 Å². The largest absolute Gasteiger partial charge is 0.228 e. The van der Waals surface area contributed by atoms with Gasteiger partial charge in [-0.15, -0.1) is 0 Å². The van der Waals surface area contributed by atoms with Gasteiger partial charge in [0, 0.05) is 5.33 Å². The lowest BCUT2D eigenvalue weighted by Gasteiger charge is -2.21. The van der Waals surface area contributed by atoms with Gasteiger partial charge < -0.3 is 0 Å². The van der Waals surface area contributed by atoms with Crippen LogP contribution in [0.1, 0.15) is 32.8 Å². The Morgan fingerprint density at radius 3 is 2.21 bits per heavy atom. The van der Waals surface area contributed by atoms with Crippen molar-refractivity contribution < 1.29 is 8.42 Å². The van der Waals surface area contributed by atoms with Crippen LogP contribution in [0.25, 0.3) is 0 Å². The van der Waals surface area contributed by atoms with Gasteiger partial charge in [-0.05, 0) is 45.1 Å². The highest BCUT2D eigenvalue weighted by atomic mass is 79.9. The van der Waals surface area contributed by atoms with E-state index in [9.17, 15) is 8.42 Å². The molecule has 1 atom stereocenters. The zero-order valence-corrected chi connectivity index (χ0v) is 14.3. The summed E-state index contributed by atoms with van der Waals surface area (Å²) >= 11 is 3.50. The second kappa shape index (κ2) is 6.89. The first-order chi connectivity index (χ1) is 8.76. The monoisotopic (exact) mass is 346 g/mol. The number of benzene rings is 1. The maximum absolute atomic E-state index is 12.1. The molecular weight excluding hydrogens is 324 g/mol. The summed E-state index contributed by atoms with van der Waals surface area (Å²) in [6, 6.07) is 10.2. The van der Waals surface area contributed by atoms with Crippen LogP contribution in [0.4, 0.5) is 0 Å². The molecule has 0 amide bonds. The Morgan fingerprint density at radius 1 is 1.16 bits per heavy atom. The number of alkyl halides is 1. The maximum Gasteiger partial charge on any atom is 0.155 e. The number of halogens is 1. The molecule has 0 radical (unpaired) electrons. The third-order valence-corrected chi connectivity index (χ3v) is 6.87. The Labute approximate surface area is 125 Å². The summed E-state index contributed by atoms with van der Waals surface area (Å²) in [5.74, 6) is 0.624. The zero-order valence-electron chi connectivity index (χ0n) is 11.9. The van der Waals surface area contributed by atoms with Crippen LogP contribution >= 0.6 is 15.9 Å². The van der Waals surface area contributed by atoms with Crippen molar-refractivity contribution in [3.8, 4) is 0 Å². The highest BCUT2D eigenvalue weighted by Crippen LogP contribution is 2.21. The summed E-state index contributed by atoms with van der Waals surface area (Å²) in [7, 11) is -3.02. The van der Waals surface area contributed by atoms with E-state index in [1.54, 1.807) is 20.8 Å². The molecule has 0 aliphatic rings. The molecule has 19 heavy (non-hydrogen) atoms. The molecular formula is C15H23BrO2S. The predicted molar refractivity (Wildman–Crippen MR) is 85.6 cm³/mol. The lowest BCUT2D eigenvalue weighted by atomic mass is 9.99. The van der Waals surface area contributed by atoms with E-state index in [-0.39, 0.29) is 5.75 Å². The highest BCUT2D eigenvalue weighted by molar-refractivity contribution is 9.09. The molecule has 4 heteroatoms. The average Bonchev–Trinajstić information content (AvgIpc) is 2.34. The standard InChI is InChI=1S/C15H23BrO2S/c1-15(2,3)19(17,18)10-9-14(12-16)11-13-7-5-4-6-8-13/h4-8,14H,9-12H2,1-3H3. The molecule has 0 fully saturated rings. The minimum atomic E-state index is -3.02. The molecule has 1 aromatic carbocycles. The van der Waals surface area contributed by atoms with Crippen molar-refractivity contribution in [2.45, 2.75) is 38.4 Å². The summed E-state index contributed by atoms with van der Waals surface area (Å²) in [5, 5.41) is 0.835. The Balaban J connectivity index is 2.60. The van der Waals surface area contributed by atoms with E-state index in [0.29, 0.717) is 12.3 Å². The van der Waals surface area contributed by atoms with Crippen molar-refractivity contribution in [1.29, 1.82) is 0 Å². The Kier molecular flexibility index (Phi) is 6.06. The first kappa shape index (κ1) is 16.7. The summed E-state index contributed by atoms with van der Waals surface area (Å²) in [6.45, 7) is 5.30. The lowest BCUT2D eigenvalue weighted by molar-refractivity contribution is 0.532. The minimum absolute atomic E-state index is 0.263. The number of sulfone groups is 1. The molecule has 2 nitrogen and oxygen atoms in total. The third-order valence-electron chi connectivity index (χ3n) is 3.31. The van der Waals surface area contributed by atoms with Crippen LogP contribution < -0.4 is 0 Å². The van der Waals surface area contributed by atoms with Gasteiger partial charge in [0.1, 0.15) is 0 Å². The molecule has 0 saturated heterocycles. The summed E-state index contributed by atoms with van der Waals surface area (Å²) < 4.78 is 23.6. The molecule has 0 N–H and O–H groups in total. The van der Waals surface area contributed by atoms with E-state index in [1.165, 1.54) is 5.56 Å². The summed E-state index contributed by atoms with van der Waals surface area (Å²) in [4.78, 5) is 0. The zero-order chi connectivity index (χ0) is 14.5. The van der Waals surface area contributed by atoms with Crippen LogP contribution in [0.3, 0.4) is 0 Å². The van der Waals surface area contributed by atoms with Crippen molar-refractivity contribution >= 4 is 25.8 Å². The quantitative estimate of drug-likeness (QED) is 0.733. The van der Waals surface area contributed by atoms with Gasteiger partial charge >= 0.3 is 0 Å². The first-order valence-electron chi connectivity index (χ1n) is 6.58. The fourth-order valence-electron chi connectivity index (χ4n) is 1.81. The van der Waals surface area contributed by atoms with Crippen molar-refractivity contribution in [2.75, 3.05) is 11.1 Å². The van der Waals surface area contributed by atoms with E-state index in [4.69, 9.17) is 0 Å². The van der Waals surface area contributed by atoms with Crippen LogP contribution in [0.2, 0.25) is 0 Å². The third kappa shape index (κ3) is 5.27. The van der Waals surface area contributed by atoms with Gasteiger partial charge in [-0.3, -0.25) is 0 Å². The van der Waals surface area contributed by atoms with Gasteiger partial charge in [0.05, 0.1) is 10.5 Å². The van der Waals surface area contributed by atoms with E-state index in [2.05, 4.69) is 28.1 Å². The molecule has 0 spiro atoms. The molecule has 0 aromatic heterocycles. The normalized spacial score (nSPS) is 14.3. The first-order valence-corrected chi connectivity index (χ1v) is 9.36. The number of hydrogen-bond donors (Lipinski definition) is 0. The van der Waals surface area contributed by atoms with E-state index >= 15 is 0 Å². The molecule has 0 aliphatic carbocycles. The van der Waals surface area contributed by atoms with Crippen molar-refractivity contribution in [3.05, 3.63) is 35.9 Å². The van der Waals surface area contributed by atoms with E-state index < -0.39 is 14.6 Å². The van der Waals surface area contributed by atoms with Gasteiger partial charge in [0.25, 0.3) is 0 Å². The van der Waals surface area contributed by atoms with Gasteiger partial charge in [-0.1, -0.05) is 46.3 Å². The number of rotatable bonds is 6. The lowest BCUT2D eigenvalue weighted by Crippen LogP contribution is -2.31. The van der Waals surface area contributed by atoms with Crippen LogP contribution in [-0.2, 0) is 16.3 Å². The van der Waals surface area contributed by atoms with Gasteiger partial charge in [0.2, 0.25) is 0 Å². The Morgan fingerprint density at radius 2 is 1.74 bits per heavy atom. The van der Waals surface area contributed by atoms with Crippen molar-refractivity contribution in [1.82, 2.24) is 0 Å². The SMILES string of the molecule is CC(C)(C)S(=O)(=O)CCC(CBr)Cc1ccccc1. The summed E-state index contributed by atoms with van der Waals surface area (Å²) in [6.07, 6.45) is 1.63. The molecule has 0 heterocycles. The molecule has 0 bridgehead atoms. The van der Waals surface area contributed by atoms with Crippen molar-refractivity contribution in [3.63, 3.8) is 0 Å². The fourth-order valence-corrected chi connectivity index (χ4v) is 3.62. The van der Waals surface area contributed by atoms with Crippen LogP contribution in [0.15, 0.2) is 30.3 Å². The molecule has 0 aliphatic heterocycles. The van der Waals surface area contributed by atoms with Gasteiger partial charge in [0.15, 0.2) is 9.84 Å². The molecule has 1 rings (SSSR count). The van der Waals surface area contributed by atoms with Crippen molar-refractivity contribution in [2.24, 2.45) is 5.92 Å². The second-order valence-corrected chi connectivity index (χ2v) is 9.44. The van der Waals surface area contributed by atoms with E-state index in [1.807, 2.05) is 18.2 Å². The highest BCUT2D eigenvalue weighted by Gasteiger charge is 2.29. The van der Waals surface area contributed by atoms with E-state index in [0.717, 1.165) is 11.8 Å². The molecule has 1 unspecified atom stereocenters. The van der Waals surface area contributed by atoms with Crippen LogP contribution in [0, 0.1) is 5.92 Å². The number of hydrogen-bond acceptors (Lipinski definition) is 2. The molecule has 1 aromatic rings. The average molecular weight is 347 g/mol. The molecule has 0 saturated carbocycles. The fraction of sp³-hybridized carbons (Fsp3) is 0.600. The summed E-state index contributed by atoms with van der Waals surface area (Å²) in [5.41, 5.74) is 1.26. The predicted octanol–water partition coefficient (Wildman–Crippen LogP) is 3.84. The van der Waals surface area contributed by atoms with Crippen LogP contribution in [0.5, 0.6) is 0 Å². The van der Waals surface area contributed by atoms with Gasteiger partial charge in [-0.25, -0.2) is 8.42 Å².